The van der Waals surface area contributed by atoms with Gasteiger partial charge in [-0.3, -0.25) is 0 Å². The van der Waals surface area contributed by atoms with Gasteiger partial charge in [-0.2, -0.15) is 0 Å². The van der Waals surface area contributed by atoms with Crippen molar-refractivity contribution in [1.82, 2.24) is 4.98 Å². The fourth-order valence-electron chi connectivity index (χ4n) is 1.58. The van der Waals surface area contributed by atoms with Gasteiger partial charge < -0.3 is 10.1 Å². The average molecular weight is 297 g/mol. The number of esters is 1. The number of benzene rings is 1. The molecule has 0 amide bonds. The van der Waals surface area contributed by atoms with Gasteiger partial charge in [0, 0.05) is 10.7 Å². The van der Waals surface area contributed by atoms with Crippen molar-refractivity contribution in [2.24, 2.45) is 0 Å². The number of hydrogen-bond donors (Lipinski definition) is 1. The van der Waals surface area contributed by atoms with Gasteiger partial charge in [0.2, 0.25) is 0 Å². The molecule has 0 fully saturated rings. The Morgan fingerprint density at radius 3 is 2.84 bits per heavy atom. The Bertz CT molecular complexity index is 625. The zero-order valence-corrected chi connectivity index (χ0v) is 12.4. The molecule has 0 saturated carbocycles. The lowest BCUT2D eigenvalue weighted by molar-refractivity contribution is 0.0605. The Labute approximate surface area is 120 Å². The highest BCUT2D eigenvalue weighted by atomic mass is 35.5. The summed E-state index contributed by atoms with van der Waals surface area (Å²) in [5, 5.41) is 4.46. The predicted molar refractivity (Wildman–Crippen MR) is 77.7 cm³/mol. The van der Waals surface area contributed by atoms with Crippen LogP contribution in [0, 0.1) is 13.8 Å². The number of carbonyl (C=O) groups excluding carboxylic acids is 1. The van der Waals surface area contributed by atoms with E-state index in [2.05, 4.69) is 10.3 Å². The van der Waals surface area contributed by atoms with Gasteiger partial charge in [-0.25, -0.2) is 9.78 Å². The molecule has 1 aromatic carbocycles. The van der Waals surface area contributed by atoms with Gasteiger partial charge in [0.05, 0.1) is 12.8 Å². The third-order valence-electron chi connectivity index (χ3n) is 2.61. The Kier molecular flexibility index (Phi) is 4.07. The minimum absolute atomic E-state index is 0.370. The average Bonchev–Trinajstić information content (AvgIpc) is 2.74. The molecular formula is C13H13ClN2O2S. The summed E-state index contributed by atoms with van der Waals surface area (Å²) in [5.74, 6) is -0.370. The molecule has 6 heteroatoms. The summed E-state index contributed by atoms with van der Waals surface area (Å²) in [6.45, 7) is 3.75. The van der Waals surface area contributed by atoms with Gasteiger partial charge in [-0.1, -0.05) is 29.0 Å². The smallest absolute Gasteiger partial charge is 0.350 e. The molecule has 0 spiro atoms. The predicted octanol–water partition coefficient (Wildman–Crippen LogP) is 3.94. The molecule has 1 N–H and O–H groups in total. The second-order valence-corrected chi connectivity index (χ2v) is 5.44. The van der Waals surface area contributed by atoms with Crippen LogP contribution in [-0.2, 0) is 4.74 Å². The lowest BCUT2D eigenvalue weighted by Crippen LogP contribution is -1.99. The topological polar surface area (TPSA) is 51.2 Å². The van der Waals surface area contributed by atoms with Crippen molar-refractivity contribution in [1.29, 1.82) is 0 Å². The van der Waals surface area contributed by atoms with Crippen LogP contribution in [-0.4, -0.2) is 18.1 Å². The number of aromatic nitrogens is 1. The van der Waals surface area contributed by atoms with Crippen molar-refractivity contribution in [3.05, 3.63) is 39.4 Å². The first kappa shape index (κ1) is 13.8. The molecule has 0 unspecified atom stereocenters. The quantitative estimate of drug-likeness (QED) is 0.872. The molecule has 1 aromatic heterocycles. The van der Waals surface area contributed by atoms with Crippen molar-refractivity contribution in [2.75, 3.05) is 12.4 Å². The van der Waals surface area contributed by atoms with E-state index in [0.29, 0.717) is 20.7 Å². The molecule has 0 saturated heterocycles. The van der Waals surface area contributed by atoms with E-state index in [1.807, 2.05) is 25.1 Å². The number of carbonyl (C=O) groups is 1. The summed E-state index contributed by atoms with van der Waals surface area (Å²) in [5.41, 5.74) is 2.58. The number of methoxy groups -OCH3 is 1. The number of nitrogens with one attached hydrogen (secondary N) is 1. The summed E-state index contributed by atoms with van der Waals surface area (Å²) in [7, 11) is 1.36. The minimum atomic E-state index is -0.370. The van der Waals surface area contributed by atoms with E-state index in [9.17, 15) is 4.79 Å². The highest BCUT2D eigenvalue weighted by molar-refractivity contribution is 7.17. The van der Waals surface area contributed by atoms with Crippen LogP contribution in [0.3, 0.4) is 0 Å². The summed E-state index contributed by atoms with van der Waals surface area (Å²) < 4.78 is 4.71. The van der Waals surface area contributed by atoms with Crippen molar-refractivity contribution in [3.8, 4) is 0 Å². The van der Waals surface area contributed by atoms with E-state index in [0.717, 1.165) is 11.3 Å². The first-order chi connectivity index (χ1) is 9.01. The molecule has 0 bridgehead atoms. The molecule has 0 aliphatic heterocycles. The summed E-state index contributed by atoms with van der Waals surface area (Å²) >= 11 is 7.22. The highest BCUT2D eigenvalue weighted by Crippen LogP contribution is 2.29. The minimum Gasteiger partial charge on any atom is -0.465 e. The molecule has 1 heterocycles. The number of ether oxygens (including phenoxy) is 1. The molecule has 19 heavy (non-hydrogen) atoms. The molecule has 2 rings (SSSR count). The van der Waals surface area contributed by atoms with Crippen LogP contribution in [0.2, 0.25) is 5.02 Å². The molecule has 2 aromatic rings. The maximum absolute atomic E-state index is 11.5. The molecular weight excluding hydrogens is 284 g/mol. The lowest BCUT2D eigenvalue weighted by atomic mass is 10.2. The molecule has 4 nitrogen and oxygen atoms in total. The normalized spacial score (nSPS) is 10.3. The van der Waals surface area contributed by atoms with Crippen LogP contribution in [0.4, 0.5) is 10.8 Å². The molecule has 100 valence electrons. The van der Waals surface area contributed by atoms with Gasteiger partial charge in [-0.15, -0.1) is 0 Å². The van der Waals surface area contributed by atoms with E-state index >= 15 is 0 Å². The standard InChI is InChI=1S/C13H13ClN2O2S/c1-7-4-5-9(14)6-10(7)16-13-15-8(2)11(19-13)12(17)18-3/h4-6H,1-3H3,(H,15,16). The highest BCUT2D eigenvalue weighted by Gasteiger charge is 2.16. The molecule has 0 aliphatic rings. The Balaban J connectivity index is 2.29. The van der Waals surface area contributed by atoms with Gasteiger partial charge in [0.15, 0.2) is 5.13 Å². The van der Waals surface area contributed by atoms with Gasteiger partial charge in [0.1, 0.15) is 4.88 Å². The van der Waals surface area contributed by atoms with Crippen LogP contribution < -0.4 is 5.32 Å². The number of thiazole rings is 1. The second-order valence-electron chi connectivity index (χ2n) is 4.01. The summed E-state index contributed by atoms with van der Waals surface area (Å²) in [4.78, 5) is 16.3. The van der Waals surface area contributed by atoms with E-state index in [-0.39, 0.29) is 5.97 Å². The molecule has 0 radical (unpaired) electrons. The number of hydrogen-bond acceptors (Lipinski definition) is 5. The van der Waals surface area contributed by atoms with Gasteiger partial charge >= 0.3 is 5.97 Å². The monoisotopic (exact) mass is 296 g/mol. The summed E-state index contributed by atoms with van der Waals surface area (Å²) in [6, 6.07) is 5.58. The van der Waals surface area contributed by atoms with Crippen molar-refractivity contribution in [3.63, 3.8) is 0 Å². The maximum atomic E-state index is 11.5. The van der Waals surface area contributed by atoms with Gasteiger partial charge in [-0.05, 0) is 31.5 Å². The van der Waals surface area contributed by atoms with E-state index in [1.165, 1.54) is 18.4 Å². The summed E-state index contributed by atoms with van der Waals surface area (Å²) in [6.07, 6.45) is 0. The van der Waals surface area contributed by atoms with Crippen molar-refractivity contribution < 1.29 is 9.53 Å². The van der Waals surface area contributed by atoms with E-state index in [1.54, 1.807) is 6.92 Å². The molecule has 0 atom stereocenters. The third-order valence-corrected chi connectivity index (χ3v) is 3.90. The fraction of sp³-hybridized carbons (Fsp3) is 0.231. The number of nitrogens with zero attached hydrogens (tertiary/aromatic N) is 1. The number of rotatable bonds is 3. The number of aryl methyl sites for hydroxylation is 2. The van der Waals surface area contributed by atoms with Crippen LogP contribution in [0.15, 0.2) is 18.2 Å². The number of anilines is 2. The largest absolute Gasteiger partial charge is 0.465 e. The van der Waals surface area contributed by atoms with Crippen LogP contribution in [0.25, 0.3) is 0 Å². The van der Waals surface area contributed by atoms with Crippen molar-refractivity contribution in [2.45, 2.75) is 13.8 Å². The van der Waals surface area contributed by atoms with E-state index in [4.69, 9.17) is 16.3 Å². The Morgan fingerprint density at radius 1 is 1.42 bits per heavy atom. The fourth-order valence-corrected chi connectivity index (χ4v) is 2.65. The molecule has 0 aliphatic carbocycles. The van der Waals surface area contributed by atoms with Crippen molar-refractivity contribution >= 4 is 39.7 Å². The first-order valence-electron chi connectivity index (χ1n) is 5.60. The zero-order valence-electron chi connectivity index (χ0n) is 10.8. The Hall–Kier alpha value is -1.59. The van der Waals surface area contributed by atoms with Crippen LogP contribution in [0.1, 0.15) is 20.9 Å². The zero-order chi connectivity index (χ0) is 14.0. The maximum Gasteiger partial charge on any atom is 0.350 e. The Morgan fingerprint density at radius 2 is 2.16 bits per heavy atom. The van der Waals surface area contributed by atoms with Crippen LogP contribution >= 0.6 is 22.9 Å². The lowest BCUT2D eigenvalue weighted by Gasteiger charge is -2.06. The van der Waals surface area contributed by atoms with Gasteiger partial charge in [0.25, 0.3) is 0 Å². The SMILES string of the molecule is COC(=O)c1sc(Nc2cc(Cl)ccc2C)nc1C. The first-order valence-corrected chi connectivity index (χ1v) is 6.79. The second kappa shape index (κ2) is 5.59. The van der Waals surface area contributed by atoms with Crippen LogP contribution in [0.5, 0.6) is 0 Å². The van der Waals surface area contributed by atoms with E-state index < -0.39 is 0 Å². The number of halogens is 1. The third kappa shape index (κ3) is 3.05.